The van der Waals surface area contributed by atoms with Crippen molar-refractivity contribution in [3.05, 3.63) is 53.6 Å². The van der Waals surface area contributed by atoms with E-state index in [0.29, 0.717) is 0 Å². The summed E-state index contributed by atoms with van der Waals surface area (Å²) >= 11 is 0. The standard InChI is InChI=1S/C16H13F3N2O3/c17-16(18,19)12-6-2-1-4-10(12)9-5-3-7-13(21-15(20)24)11(9)8-14(22)23/h1-7H,8H2,(H,22,23)(H3,20,21,24). The van der Waals surface area contributed by atoms with Gasteiger partial charge in [-0.15, -0.1) is 0 Å². The number of amides is 2. The smallest absolute Gasteiger partial charge is 0.417 e. The monoisotopic (exact) mass is 338 g/mol. The number of urea groups is 1. The van der Waals surface area contributed by atoms with Crippen LogP contribution in [-0.4, -0.2) is 17.1 Å². The fourth-order valence-electron chi connectivity index (χ4n) is 2.40. The highest BCUT2D eigenvalue weighted by atomic mass is 19.4. The number of carboxylic acids is 1. The van der Waals surface area contributed by atoms with Crippen LogP contribution in [0.3, 0.4) is 0 Å². The van der Waals surface area contributed by atoms with Gasteiger partial charge in [-0.2, -0.15) is 13.2 Å². The molecule has 0 saturated carbocycles. The van der Waals surface area contributed by atoms with Gasteiger partial charge in [0.1, 0.15) is 0 Å². The Kier molecular flexibility index (Phi) is 4.77. The normalized spacial score (nSPS) is 11.1. The molecule has 0 saturated heterocycles. The Hall–Kier alpha value is -3.03. The van der Waals surface area contributed by atoms with Crippen LogP contribution in [0.15, 0.2) is 42.5 Å². The van der Waals surface area contributed by atoms with Crippen molar-refractivity contribution >= 4 is 17.7 Å². The van der Waals surface area contributed by atoms with E-state index in [4.69, 9.17) is 10.8 Å². The van der Waals surface area contributed by atoms with E-state index >= 15 is 0 Å². The Morgan fingerprint density at radius 1 is 1.04 bits per heavy atom. The van der Waals surface area contributed by atoms with Crippen molar-refractivity contribution in [3.63, 3.8) is 0 Å². The topological polar surface area (TPSA) is 92.4 Å². The quantitative estimate of drug-likeness (QED) is 0.797. The summed E-state index contributed by atoms with van der Waals surface area (Å²) in [5, 5.41) is 11.3. The van der Waals surface area contributed by atoms with Crippen molar-refractivity contribution in [2.24, 2.45) is 5.73 Å². The zero-order valence-electron chi connectivity index (χ0n) is 12.2. The van der Waals surface area contributed by atoms with Crippen molar-refractivity contribution in [3.8, 4) is 11.1 Å². The van der Waals surface area contributed by atoms with Crippen molar-refractivity contribution in [2.45, 2.75) is 12.6 Å². The molecule has 2 aromatic rings. The predicted molar refractivity (Wildman–Crippen MR) is 81.4 cm³/mol. The van der Waals surface area contributed by atoms with Gasteiger partial charge in [-0.25, -0.2) is 4.79 Å². The molecule has 2 amide bonds. The number of carbonyl (C=O) groups excluding carboxylic acids is 1. The molecule has 2 rings (SSSR count). The lowest BCUT2D eigenvalue weighted by Crippen LogP contribution is -2.21. The highest BCUT2D eigenvalue weighted by Crippen LogP contribution is 2.39. The number of hydrogen-bond acceptors (Lipinski definition) is 2. The molecule has 24 heavy (non-hydrogen) atoms. The number of nitrogens with one attached hydrogen (secondary N) is 1. The number of aliphatic carboxylic acids is 1. The summed E-state index contributed by atoms with van der Waals surface area (Å²) in [7, 11) is 0. The van der Waals surface area contributed by atoms with Gasteiger partial charge < -0.3 is 16.2 Å². The van der Waals surface area contributed by atoms with E-state index < -0.39 is 30.2 Å². The van der Waals surface area contributed by atoms with E-state index in [9.17, 15) is 22.8 Å². The molecular weight excluding hydrogens is 325 g/mol. The first kappa shape index (κ1) is 17.3. The van der Waals surface area contributed by atoms with Crippen LogP contribution in [0.5, 0.6) is 0 Å². The van der Waals surface area contributed by atoms with Crippen molar-refractivity contribution < 1.29 is 27.9 Å². The van der Waals surface area contributed by atoms with E-state index in [1.807, 2.05) is 0 Å². The molecule has 0 bridgehead atoms. The van der Waals surface area contributed by atoms with Crippen molar-refractivity contribution in [1.82, 2.24) is 0 Å². The molecule has 0 aliphatic carbocycles. The molecule has 0 unspecified atom stereocenters. The summed E-state index contributed by atoms with van der Waals surface area (Å²) in [4.78, 5) is 22.2. The molecule has 0 fully saturated rings. The maximum absolute atomic E-state index is 13.2. The van der Waals surface area contributed by atoms with E-state index in [1.165, 1.54) is 36.4 Å². The summed E-state index contributed by atoms with van der Waals surface area (Å²) in [6, 6.07) is 8.04. The molecule has 0 spiro atoms. The number of primary amides is 1. The molecular formula is C16H13F3N2O3. The maximum Gasteiger partial charge on any atom is 0.417 e. The number of carbonyl (C=O) groups is 2. The third kappa shape index (κ3) is 3.83. The highest BCUT2D eigenvalue weighted by Gasteiger charge is 2.34. The van der Waals surface area contributed by atoms with Gasteiger partial charge in [0.15, 0.2) is 0 Å². The average molecular weight is 338 g/mol. The largest absolute Gasteiger partial charge is 0.481 e. The van der Waals surface area contributed by atoms with Crippen LogP contribution in [0.1, 0.15) is 11.1 Å². The van der Waals surface area contributed by atoms with E-state index in [0.717, 1.165) is 6.07 Å². The second kappa shape index (κ2) is 6.61. The minimum absolute atomic E-state index is 0.0421. The van der Waals surface area contributed by atoms with Gasteiger partial charge in [0.25, 0.3) is 0 Å². The van der Waals surface area contributed by atoms with Crippen molar-refractivity contribution in [2.75, 3.05) is 5.32 Å². The third-order valence-electron chi connectivity index (χ3n) is 3.28. The zero-order chi connectivity index (χ0) is 17.9. The number of hydrogen-bond donors (Lipinski definition) is 3. The van der Waals surface area contributed by atoms with Crippen molar-refractivity contribution in [1.29, 1.82) is 0 Å². The number of halogens is 3. The molecule has 0 heterocycles. The summed E-state index contributed by atoms with van der Waals surface area (Å²) < 4.78 is 39.7. The number of rotatable bonds is 4. The Bertz CT molecular complexity index is 788. The molecule has 8 heteroatoms. The lowest BCUT2D eigenvalue weighted by molar-refractivity contribution is -0.137. The molecule has 5 nitrogen and oxygen atoms in total. The van der Waals surface area contributed by atoms with Gasteiger partial charge in [0.05, 0.1) is 12.0 Å². The minimum Gasteiger partial charge on any atom is -0.481 e. The molecule has 0 aliphatic heterocycles. The summed E-state index contributed by atoms with van der Waals surface area (Å²) in [6.45, 7) is 0. The molecule has 126 valence electrons. The lowest BCUT2D eigenvalue weighted by Gasteiger charge is -2.17. The minimum atomic E-state index is -4.61. The van der Waals surface area contributed by atoms with E-state index in [2.05, 4.69) is 5.32 Å². The second-order valence-electron chi connectivity index (χ2n) is 4.93. The fraction of sp³-hybridized carbons (Fsp3) is 0.125. The van der Waals surface area contributed by atoms with Crippen LogP contribution in [0, 0.1) is 0 Å². The van der Waals surface area contributed by atoms with Crippen LogP contribution >= 0.6 is 0 Å². The van der Waals surface area contributed by atoms with Crippen LogP contribution in [0.4, 0.5) is 23.7 Å². The number of anilines is 1. The third-order valence-corrected chi connectivity index (χ3v) is 3.28. The SMILES string of the molecule is NC(=O)Nc1cccc(-c2ccccc2C(F)(F)F)c1CC(=O)O. The molecule has 2 aromatic carbocycles. The van der Waals surface area contributed by atoms with Crippen LogP contribution in [-0.2, 0) is 17.4 Å². The molecule has 0 radical (unpaired) electrons. The first-order valence-corrected chi connectivity index (χ1v) is 6.77. The van der Waals surface area contributed by atoms with Crippen LogP contribution in [0.2, 0.25) is 0 Å². The number of alkyl halides is 3. The molecule has 4 N–H and O–H groups in total. The Labute approximate surface area is 134 Å². The summed E-state index contributed by atoms with van der Waals surface area (Å²) in [5.74, 6) is -1.25. The molecule has 0 atom stereocenters. The fourth-order valence-corrected chi connectivity index (χ4v) is 2.40. The summed E-state index contributed by atoms with van der Waals surface area (Å²) in [6.07, 6.45) is -5.18. The average Bonchev–Trinajstić information content (AvgIpc) is 2.47. The summed E-state index contributed by atoms with van der Waals surface area (Å²) in [5.41, 5.74) is 4.13. The Morgan fingerprint density at radius 3 is 2.25 bits per heavy atom. The van der Waals surface area contributed by atoms with Gasteiger partial charge in [-0.1, -0.05) is 30.3 Å². The first-order valence-electron chi connectivity index (χ1n) is 6.77. The van der Waals surface area contributed by atoms with E-state index in [1.54, 1.807) is 0 Å². The van der Waals surface area contributed by atoms with Gasteiger partial charge in [-0.3, -0.25) is 4.79 Å². The van der Waals surface area contributed by atoms with E-state index in [-0.39, 0.29) is 22.4 Å². The number of nitrogens with two attached hydrogens (primary N) is 1. The van der Waals surface area contributed by atoms with Gasteiger partial charge >= 0.3 is 18.2 Å². The van der Waals surface area contributed by atoms with Gasteiger partial charge in [0.2, 0.25) is 0 Å². The second-order valence-corrected chi connectivity index (χ2v) is 4.93. The maximum atomic E-state index is 13.2. The molecule has 0 aliphatic rings. The van der Waals surface area contributed by atoms with Crippen LogP contribution < -0.4 is 11.1 Å². The zero-order valence-corrected chi connectivity index (χ0v) is 12.2. The predicted octanol–water partition coefficient (Wildman–Crippen LogP) is 3.49. The van der Waals surface area contributed by atoms with Gasteiger partial charge in [0, 0.05) is 5.69 Å². The number of benzene rings is 2. The van der Waals surface area contributed by atoms with Gasteiger partial charge in [-0.05, 0) is 28.8 Å². The lowest BCUT2D eigenvalue weighted by atomic mass is 9.92. The van der Waals surface area contributed by atoms with Crippen LogP contribution in [0.25, 0.3) is 11.1 Å². The highest BCUT2D eigenvalue weighted by molar-refractivity contribution is 5.92. The first-order chi connectivity index (χ1) is 11.2. The Morgan fingerprint density at radius 2 is 1.67 bits per heavy atom. The number of carboxylic acid groups (broad SMARTS) is 1. The molecule has 0 aromatic heterocycles. The Balaban J connectivity index is 2.71.